The van der Waals surface area contributed by atoms with Gasteiger partial charge in [0.1, 0.15) is 4.90 Å². The Kier molecular flexibility index (Phi) is 3.97. The highest BCUT2D eigenvalue weighted by atomic mass is 79.9. The molecule has 0 saturated heterocycles. The zero-order valence-corrected chi connectivity index (χ0v) is 12.6. The number of furan rings is 1. The number of carboxylic acid groups (broad SMARTS) is 1. The van der Waals surface area contributed by atoms with Gasteiger partial charge in [-0.3, -0.25) is 4.68 Å². The van der Waals surface area contributed by atoms with E-state index in [9.17, 15) is 13.2 Å². The SMILES string of the molecule is Cn1cc(CNS(=O)(=O)c2cc(C(=O)O)oc2Br)cn1. The van der Waals surface area contributed by atoms with Gasteiger partial charge in [-0.15, -0.1) is 0 Å². The molecule has 0 bridgehead atoms. The molecule has 2 rings (SSSR count). The van der Waals surface area contributed by atoms with E-state index in [2.05, 4.69) is 25.8 Å². The summed E-state index contributed by atoms with van der Waals surface area (Å²) in [6.07, 6.45) is 3.19. The van der Waals surface area contributed by atoms with E-state index in [1.54, 1.807) is 17.9 Å². The van der Waals surface area contributed by atoms with Crippen LogP contribution in [0.5, 0.6) is 0 Å². The standard InChI is InChI=1S/C10H10BrN3O5S/c1-14-5-6(3-12-14)4-13-20(17,18)8-2-7(10(15)16)19-9(8)11/h2-3,5,13H,4H2,1H3,(H,15,16). The predicted octanol–water partition coefficient (Wildman–Crippen LogP) is 0.952. The van der Waals surface area contributed by atoms with Gasteiger partial charge in [-0.25, -0.2) is 17.9 Å². The third kappa shape index (κ3) is 3.08. The molecule has 2 N–H and O–H groups in total. The number of hydrogen-bond acceptors (Lipinski definition) is 5. The predicted molar refractivity (Wildman–Crippen MR) is 70.6 cm³/mol. The molecule has 2 aromatic rings. The fourth-order valence-corrected chi connectivity index (χ4v) is 3.42. The number of nitrogens with one attached hydrogen (secondary N) is 1. The van der Waals surface area contributed by atoms with E-state index in [4.69, 9.17) is 9.52 Å². The molecule has 0 aliphatic carbocycles. The van der Waals surface area contributed by atoms with E-state index in [1.165, 1.54) is 6.20 Å². The highest BCUT2D eigenvalue weighted by Crippen LogP contribution is 2.26. The van der Waals surface area contributed by atoms with Gasteiger partial charge in [-0.05, 0) is 15.9 Å². The second-order valence-electron chi connectivity index (χ2n) is 3.90. The van der Waals surface area contributed by atoms with Crippen LogP contribution in [0.4, 0.5) is 0 Å². The van der Waals surface area contributed by atoms with Crippen LogP contribution in [0.25, 0.3) is 0 Å². The summed E-state index contributed by atoms with van der Waals surface area (Å²) in [5, 5.41) is 12.7. The Hall–Kier alpha value is -1.65. The van der Waals surface area contributed by atoms with Crippen molar-refractivity contribution in [1.82, 2.24) is 14.5 Å². The van der Waals surface area contributed by atoms with Crippen LogP contribution < -0.4 is 4.72 Å². The molecule has 0 fully saturated rings. The van der Waals surface area contributed by atoms with E-state index in [-0.39, 0.29) is 16.1 Å². The third-order valence-corrected chi connectivity index (χ3v) is 4.64. The quantitative estimate of drug-likeness (QED) is 0.817. The molecule has 2 aromatic heterocycles. The largest absolute Gasteiger partial charge is 0.475 e. The molecule has 0 aromatic carbocycles. The summed E-state index contributed by atoms with van der Waals surface area (Å²) in [5.74, 6) is -1.81. The molecule has 0 atom stereocenters. The highest BCUT2D eigenvalue weighted by Gasteiger charge is 2.24. The smallest absolute Gasteiger partial charge is 0.371 e. The summed E-state index contributed by atoms with van der Waals surface area (Å²) in [6.45, 7) is 0.0379. The van der Waals surface area contributed by atoms with Crippen molar-refractivity contribution in [2.45, 2.75) is 11.4 Å². The Balaban J connectivity index is 2.20. The molecule has 0 amide bonds. The molecule has 10 heteroatoms. The normalized spacial score (nSPS) is 11.7. The van der Waals surface area contributed by atoms with Gasteiger partial charge in [0.15, 0.2) is 4.67 Å². The van der Waals surface area contributed by atoms with E-state index in [0.29, 0.717) is 5.56 Å². The summed E-state index contributed by atoms with van der Waals surface area (Å²) in [5.41, 5.74) is 0.675. The van der Waals surface area contributed by atoms with E-state index in [1.807, 2.05) is 0 Å². The maximum atomic E-state index is 12.0. The fourth-order valence-electron chi connectivity index (χ4n) is 1.46. The Morgan fingerprint density at radius 1 is 1.60 bits per heavy atom. The van der Waals surface area contributed by atoms with Crippen LogP contribution >= 0.6 is 15.9 Å². The summed E-state index contributed by atoms with van der Waals surface area (Å²) < 4.78 is 32.6. The van der Waals surface area contributed by atoms with Crippen molar-refractivity contribution in [1.29, 1.82) is 0 Å². The molecule has 8 nitrogen and oxygen atoms in total. The zero-order valence-electron chi connectivity index (χ0n) is 10.2. The summed E-state index contributed by atoms with van der Waals surface area (Å²) in [6, 6.07) is 0.942. The Labute approximate surface area is 122 Å². The van der Waals surface area contributed by atoms with Crippen LogP contribution in [0.1, 0.15) is 16.1 Å². The van der Waals surface area contributed by atoms with Crippen molar-refractivity contribution in [3.8, 4) is 0 Å². The molecule has 0 aliphatic rings. The average Bonchev–Trinajstić information content (AvgIpc) is 2.93. The van der Waals surface area contributed by atoms with Crippen LogP contribution in [0.2, 0.25) is 0 Å². The van der Waals surface area contributed by atoms with E-state index in [0.717, 1.165) is 6.07 Å². The molecule has 108 valence electrons. The third-order valence-electron chi connectivity index (χ3n) is 2.38. The number of aryl methyl sites for hydroxylation is 1. The van der Waals surface area contributed by atoms with Crippen molar-refractivity contribution >= 4 is 31.9 Å². The average molecular weight is 364 g/mol. The summed E-state index contributed by atoms with van der Waals surface area (Å²) in [7, 11) is -2.17. The first-order valence-corrected chi connectivity index (χ1v) is 7.57. The lowest BCUT2D eigenvalue weighted by molar-refractivity contribution is 0.0661. The molecule has 2 heterocycles. The molecule has 0 saturated carbocycles. The van der Waals surface area contributed by atoms with Gasteiger partial charge in [0.2, 0.25) is 15.8 Å². The second kappa shape index (κ2) is 5.38. The maximum absolute atomic E-state index is 12.0. The first kappa shape index (κ1) is 14.8. The molecular weight excluding hydrogens is 354 g/mol. The lowest BCUT2D eigenvalue weighted by Crippen LogP contribution is -2.23. The molecule has 20 heavy (non-hydrogen) atoms. The van der Waals surface area contributed by atoms with Crippen molar-refractivity contribution in [3.05, 3.63) is 34.5 Å². The summed E-state index contributed by atoms with van der Waals surface area (Å²) >= 11 is 2.89. The monoisotopic (exact) mass is 363 g/mol. The number of carbonyl (C=O) groups is 1. The van der Waals surface area contributed by atoms with Crippen molar-refractivity contribution < 1.29 is 22.7 Å². The molecule has 0 radical (unpaired) electrons. The van der Waals surface area contributed by atoms with Crippen LogP contribution in [-0.2, 0) is 23.6 Å². The van der Waals surface area contributed by atoms with Gasteiger partial charge in [0.25, 0.3) is 0 Å². The van der Waals surface area contributed by atoms with E-state index >= 15 is 0 Å². The number of nitrogens with zero attached hydrogens (tertiary/aromatic N) is 2. The van der Waals surface area contributed by atoms with Crippen LogP contribution in [0.15, 0.2) is 32.4 Å². The highest BCUT2D eigenvalue weighted by molar-refractivity contribution is 9.10. The fraction of sp³-hybridized carbons (Fsp3) is 0.200. The first-order chi connectivity index (χ1) is 9.29. The number of halogens is 1. The van der Waals surface area contributed by atoms with Crippen LogP contribution in [0, 0.1) is 0 Å². The Bertz CT molecular complexity index is 749. The Morgan fingerprint density at radius 2 is 2.30 bits per heavy atom. The minimum Gasteiger partial charge on any atom is -0.475 e. The minimum atomic E-state index is -3.88. The number of sulfonamides is 1. The van der Waals surface area contributed by atoms with Gasteiger partial charge < -0.3 is 9.52 Å². The second-order valence-corrected chi connectivity index (χ2v) is 6.36. The van der Waals surface area contributed by atoms with Gasteiger partial charge in [-0.2, -0.15) is 5.10 Å². The number of hydrogen-bond donors (Lipinski definition) is 2. The molecule has 0 unspecified atom stereocenters. The molecule has 0 spiro atoms. The van der Waals surface area contributed by atoms with Crippen LogP contribution in [0.3, 0.4) is 0 Å². The minimum absolute atomic E-state index is 0.0379. The van der Waals surface area contributed by atoms with Gasteiger partial charge in [0.05, 0.1) is 6.20 Å². The number of rotatable bonds is 5. The first-order valence-electron chi connectivity index (χ1n) is 5.29. The van der Waals surface area contributed by atoms with Crippen LogP contribution in [-0.4, -0.2) is 29.3 Å². The number of aromatic carboxylic acids is 1. The van der Waals surface area contributed by atoms with E-state index < -0.39 is 21.8 Å². The number of carboxylic acids is 1. The van der Waals surface area contributed by atoms with Gasteiger partial charge in [0, 0.05) is 31.4 Å². The van der Waals surface area contributed by atoms with Gasteiger partial charge >= 0.3 is 5.97 Å². The van der Waals surface area contributed by atoms with Crippen molar-refractivity contribution in [2.24, 2.45) is 7.05 Å². The van der Waals surface area contributed by atoms with Gasteiger partial charge in [-0.1, -0.05) is 0 Å². The molecular formula is C10H10BrN3O5S. The van der Waals surface area contributed by atoms with Crippen molar-refractivity contribution in [2.75, 3.05) is 0 Å². The topological polar surface area (TPSA) is 114 Å². The summed E-state index contributed by atoms with van der Waals surface area (Å²) in [4.78, 5) is 10.5. The maximum Gasteiger partial charge on any atom is 0.371 e. The molecule has 0 aliphatic heterocycles. The lowest BCUT2D eigenvalue weighted by Gasteiger charge is -2.03. The zero-order chi connectivity index (χ0) is 14.9. The lowest BCUT2D eigenvalue weighted by atomic mass is 10.4. The number of aromatic nitrogens is 2. The Morgan fingerprint density at radius 3 is 2.80 bits per heavy atom. The van der Waals surface area contributed by atoms with Crippen molar-refractivity contribution in [3.63, 3.8) is 0 Å².